The third-order valence-electron chi connectivity index (χ3n) is 3.87. The third-order valence-corrected chi connectivity index (χ3v) is 4.82. The Morgan fingerprint density at radius 3 is 3.04 bits per heavy atom. The van der Waals surface area contributed by atoms with Crippen molar-refractivity contribution in [2.75, 3.05) is 0 Å². The molecule has 0 aromatic carbocycles. The van der Waals surface area contributed by atoms with Crippen molar-refractivity contribution in [1.82, 2.24) is 24.5 Å². The second-order valence-electron chi connectivity index (χ2n) is 5.43. The van der Waals surface area contributed by atoms with Gasteiger partial charge in [-0.25, -0.2) is 15.0 Å². The molecule has 3 aromatic heterocycles. The smallest absolute Gasteiger partial charge is 0.254 e. The van der Waals surface area contributed by atoms with Gasteiger partial charge in [0.25, 0.3) is 5.56 Å². The summed E-state index contributed by atoms with van der Waals surface area (Å²) in [5.41, 5.74) is 2.93. The Labute approximate surface area is 137 Å². The van der Waals surface area contributed by atoms with Crippen LogP contribution in [-0.2, 0) is 18.6 Å². The molecule has 6 nitrogen and oxygen atoms in total. The lowest BCUT2D eigenvalue weighted by atomic mass is 10.3. The number of fused-ring (bicyclic) bond motifs is 1. The average Bonchev–Trinajstić information content (AvgIpc) is 3.25. The van der Waals surface area contributed by atoms with Crippen molar-refractivity contribution in [3.05, 3.63) is 64.2 Å². The molecule has 0 atom stereocenters. The molecule has 0 spiro atoms. The van der Waals surface area contributed by atoms with E-state index in [4.69, 9.17) is 0 Å². The largest absolute Gasteiger partial charge is 0.301 e. The Kier molecular flexibility index (Phi) is 3.70. The first-order valence-electron chi connectivity index (χ1n) is 7.48. The molecule has 0 saturated heterocycles. The fourth-order valence-corrected chi connectivity index (χ4v) is 3.50. The van der Waals surface area contributed by atoms with Crippen molar-refractivity contribution in [2.24, 2.45) is 0 Å². The molecular formula is C16H15N5OS. The summed E-state index contributed by atoms with van der Waals surface area (Å²) in [6.07, 6.45) is 9.93. The van der Waals surface area contributed by atoms with Crippen LogP contribution < -0.4 is 5.56 Å². The highest BCUT2D eigenvalue weighted by molar-refractivity contribution is 7.98. The molecule has 7 heteroatoms. The number of H-pyrrole nitrogens is 1. The zero-order valence-corrected chi connectivity index (χ0v) is 13.2. The lowest BCUT2D eigenvalue weighted by molar-refractivity contribution is 0.869. The van der Waals surface area contributed by atoms with Gasteiger partial charge in [0.05, 0.1) is 5.69 Å². The standard InChI is InChI=1S/C16H15N5OS/c22-15-12-2-1-3-13(12)19-16(20-15)23-9-11-4-5-14(18-8-11)21-7-6-17-10-21/h4-8,10H,1-3,9H2,(H,19,20,22). The molecule has 1 N–H and O–H groups in total. The predicted octanol–water partition coefficient (Wildman–Crippen LogP) is 2.13. The topological polar surface area (TPSA) is 76.5 Å². The fourth-order valence-electron chi connectivity index (χ4n) is 2.69. The lowest BCUT2D eigenvalue weighted by Gasteiger charge is -2.05. The van der Waals surface area contributed by atoms with Gasteiger partial charge < -0.3 is 4.98 Å². The number of rotatable bonds is 4. The Hall–Kier alpha value is -2.41. The van der Waals surface area contributed by atoms with Gasteiger partial charge in [-0.15, -0.1) is 0 Å². The SMILES string of the molecule is O=c1[nH]c(SCc2ccc(-n3ccnc3)nc2)nc2c1CCC2. The Balaban J connectivity index is 1.47. The van der Waals surface area contributed by atoms with E-state index in [1.807, 2.05) is 29.1 Å². The molecule has 0 amide bonds. The van der Waals surface area contributed by atoms with Gasteiger partial charge in [-0.1, -0.05) is 17.8 Å². The van der Waals surface area contributed by atoms with E-state index >= 15 is 0 Å². The monoisotopic (exact) mass is 325 g/mol. The van der Waals surface area contributed by atoms with Crippen LogP contribution in [0.1, 0.15) is 23.2 Å². The summed E-state index contributed by atoms with van der Waals surface area (Å²) in [5, 5.41) is 0.689. The minimum absolute atomic E-state index is 0.0172. The summed E-state index contributed by atoms with van der Waals surface area (Å²) in [6, 6.07) is 3.98. The number of aromatic nitrogens is 5. The van der Waals surface area contributed by atoms with Crippen LogP contribution in [0.4, 0.5) is 0 Å². The van der Waals surface area contributed by atoms with Crippen LogP contribution in [0, 0.1) is 0 Å². The quantitative estimate of drug-likeness (QED) is 0.587. The van der Waals surface area contributed by atoms with Crippen LogP contribution in [-0.4, -0.2) is 24.5 Å². The molecule has 0 unspecified atom stereocenters. The Bertz CT molecular complexity index is 870. The van der Waals surface area contributed by atoms with E-state index in [0.29, 0.717) is 5.16 Å². The van der Waals surface area contributed by atoms with Gasteiger partial charge >= 0.3 is 0 Å². The summed E-state index contributed by atoms with van der Waals surface area (Å²) in [5.74, 6) is 1.55. The van der Waals surface area contributed by atoms with Crippen molar-refractivity contribution in [2.45, 2.75) is 30.2 Å². The highest BCUT2D eigenvalue weighted by atomic mass is 32.2. The number of aromatic amines is 1. The van der Waals surface area contributed by atoms with Gasteiger partial charge in [-0.05, 0) is 30.9 Å². The van der Waals surface area contributed by atoms with Crippen molar-refractivity contribution in [3.8, 4) is 5.82 Å². The number of hydrogen-bond donors (Lipinski definition) is 1. The summed E-state index contributed by atoms with van der Waals surface area (Å²) in [6.45, 7) is 0. The number of pyridine rings is 1. The molecular weight excluding hydrogens is 310 g/mol. The van der Waals surface area contributed by atoms with Crippen molar-refractivity contribution in [3.63, 3.8) is 0 Å². The Morgan fingerprint density at radius 2 is 2.26 bits per heavy atom. The number of nitrogens with zero attached hydrogens (tertiary/aromatic N) is 4. The molecule has 3 heterocycles. The number of nitrogens with one attached hydrogen (secondary N) is 1. The van der Waals surface area contributed by atoms with Gasteiger partial charge in [-0.2, -0.15) is 0 Å². The maximum atomic E-state index is 12.0. The zero-order valence-electron chi connectivity index (χ0n) is 12.4. The van der Waals surface area contributed by atoms with Crippen LogP contribution in [0.5, 0.6) is 0 Å². The second-order valence-corrected chi connectivity index (χ2v) is 6.40. The van der Waals surface area contributed by atoms with E-state index in [9.17, 15) is 4.79 Å². The first-order valence-corrected chi connectivity index (χ1v) is 8.46. The van der Waals surface area contributed by atoms with Crippen LogP contribution in [0.2, 0.25) is 0 Å². The number of aryl methyl sites for hydroxylation is 1. The van der Waals surface area contributed by atoms with E-state index < -0.39 is 0 Å². The molecule has 23 heavy (non-hydrogen) atoms. The van der Waals surface area contributed by atoms with Crippen LogP contribution in [0.3, 0.4) is 0 Å². The number of thioether (sulfide) groups is 1. The van der Waals surface area contributed by atoms with Crippen molar-refractivity contribution < 1.29 is 0 Å². The molecule has 0 saturated carbocycles. The summed E-state index contributed by atoms with van der Waals surface area (Å²) < 4.78 is 1.86. The third kappa shape index (κ3) is 2.92. The summed E-state index contributed by atoms with van der Waals surface area (Å²) >= 11 is 1.53. The van der Waals surface area contributed by atoms with Gasteiger partial charge in [0.1, 0.15) is 12.1 Å². The number of hydrogen-bond acceptors (Lipinski definition) is 5. The van der Waals surface area contributed by atoms with Crippen LogP contribution in [0.15, 0.2) is 47.0 Å². The molecule has 3 aromatic rings. The number of imidazole rings is 1. The van der Waals surface area contributed by atoms with Gasteiger partial charge in [0.2, 0.25) is 0 Å². The van der Waals surface area contributed by atoms with E-state index in [2.05, 4.69) is 19.9 Å². The van der Waals surface area contributed by atoms with E-state index in [0.717, 1.165) is 47.7 Å². The van der Waals surface area contributed by atoms with Gasteiger partial charge in [-0.3, -0.25) is 9.36 Å². The maximum absolute atomic E-state index is 12.0. The summed E-state index contributed by atoms with van der Waals surface area (Å²) in [7, 11) is 0. The van der Waals surface area contributed by atoms with Crippen molar-refractivity contribution >= 4 is 11.8 Å². The first-order chi connectivity index (χ1) is 11.3. The van der Waals surface area contributed by atoms with Gasteiger partial charge in [0.15, 0.2) is 5.16 Å². The molecule has 0 radical (unpaired) electrons. The highest BCUT2D eigenvalue weighted by Gasteiger charge is 2.17. The Morgan fingerprint density at radius 1 is 1.30 bits per heavy atom. The van der Waals surface area contributed by atoms with Crippen LogP contribution in [0.25, 0.3) is 5.82 Å². The van der Waals surface area contributed by atoms with E-state index in [1.165, 1.54) is 11.8 Å². The van der Waals surface area contributed by atoms with Crippen LogP contribution >= 0.6 is 11.8 Å². The van der Waals surface area contributed by atoms with E-state index in [-0.39, 0.29) is 5.56 Å². The predicted molar refractivity (Wildman–Crippen MR) is 87.8 cm³/mol. The van der Waals surface area contributed by atoms with E-state index in [1.54, 1.807) is 12.5 Å². The molecule has 0 aliphatic heterocycles. The molecule has 1 aliphatic carbocycles. The highest BCUT2D eigenvalue weighted by Crippen LogP contribution is 2.22. The van der Waals surface area contributed by atoms with Gasteiger partial charge in [0, 0.05) is 29.9 Å². The lowest BCUT2D eigenvalue weighted by Crippen LogP contribution is -2.14. The molecule has 0 fully saturated rings. The minimum Gasteiger partial charge on any atom is -0.301 e. The fraction of sp³-hybridized carbons (Fsp3) is 0.250. The molecule has 4 rings (SSSR count). The molecule has 0 bridgehead atoms. The average molecular weight is 325 g/mol. The minimum atomic E-state index is 0.0172. The normalized spacial score (nSPS) is 13.2. The summed E-state index contributed by atoms with van der Waals surface area (Å²) in [4.78, 5) is 27.9. The first kappa shape index (κ1) is 14.2. The maximum Gasteiger partial charge on any atom is 0.254 e. The molecule has 116 valence electrons. The zero-order chi connectivity index (χ0) is 15.6. The second kappa shape index (κ2) is 6.00. The van der Waals surface area contributed by atoms with Crippen molar-refractivity contribution in [1.29, 1.82) is 0 Å². The molecule has 1 aliphatic rings.